The molecule has 0 aromatic carbocycles. The molecule has 1 aliphatic rings. The third-order valence-electron chi connectivity index (χ3n) is 3.31. The van der Waals surface area contributed by atoms with Gasteiger partial charge < -0.3 is 4.74 Å². The fourth-order valence-electron chi connectivity index (χ4n) is 2.17. The number of rotatable bonds is 4. The third kappa shape index (κ3) is 3.34. The summed E-state index contributed by atoms with van der Waals surface area (Å²) in [6.07, 6.45) is 1.80. The van der Waals surface area contributed by atoms with Crippen LogP contribution in [0, 0.1) is 17.3 Å². The lowest BCUT2D eigenvalue weighted by Crippen LogP contribution is -2.33. The van der Waals surface area contributed by atoms with E-state index in [2.05, 4.69) is 27.7 Å². The monoisotopic (exact) mass is 238 g/mol. The first-order chi connectivity index (χ1) is 7.75. The van der Waals surface area contributed by atoms with Crippen LogP contribution in [0.5, 0.6) is 0 Å². The van der Waals surface area contributed by atoms with Crippen LogP contribution < -0.4 is 0 Å². The van der Waals surface area contributed by atoms with E-state index in [4.69, 9.17) is 4.74 Å². The minimum Gasteiger partial charge on any atom is -0.497 e. The van der Waals surface area contributed by atoms with Gasteiger partial charge in [-0.25, -0.2) is 0 Å². The van der Waals surface area contributed by atoms with Gasteiger partial charge in [0.1, 0.15) is 5.76 Å². The van der Waals surface area contributed by atoms with Gasteiger partial charge >= 0.3 is 0 Å². The van der Waals surface area contributed by atoms with Crippen molar-refractivity contribution in [1.29, 1.82) is 0 Å². The molecule has 0 aliphatic heterocycles. The molecule has 2 heteroatoms. The maximum atomic E-state index is 12.4. The highest BCUT2D eigenvalue weighted by Gasteiger charge is 2.37. The van der Waals surface area contributed by atoms with Crippen LogP contribution >= 0.6 is 0 Å². The Balaban J connectivity index is 2.96. The van der Waals surface area contributed by atoms with Crippen LogP contribution in [0.15, 0.2) is 11.3 Å². The second-order valence-electron chi connectivity index (χ2n) is 6.41. The summed E-state index contributed by atoms with van der Waals surface area (Å²) in [5, 5.41) is 0. The van der Waals surface area contributed by atoms with Crippen molar-refractivity contribution in [2.45, 2.75) is 54.4 Å². The molecule has 0 amide bonds. The molecule has 0 spiro atoms. The molecule has 98 valence electrons. The van der Waals surface area contributed by atoms with Gasteiger partial charge in [0, 0.05) is 17.4 Å². The van der Waals surface area contributed by atoms with Gasteiger partial charge in [0.05, 0.1) is 6.61 Å². The summed E-state index contributed by atoms with van der Waals surface area (Å²) in [7, 11) is 0. The fourth-order valence-corrected chi connectivity index (χ4v) is 2.17. The molecule has 0 saturated heterocycles. The van der Waals surface area contributed by atoms with Gasteiger partial charge in [-0.2, -0.15) is 0 Å². The van der Waals surface area contributed by atoms with Crippen LogP contribution in [0.3, 0.4) is 0 Å². The Hall–Kier alpha value is -0.790. The standard InChI is InChI=1S/C15H26O2/c1-10(2)9-17-12-7-8-15(5,6)14(16)13(12)11(3)4/h10-11H,7-9H2,1-6H3. The van der Waals surface area contributed by atoms with E-state index in [-0.39, 0.29) is 17.1 Å². The van der Waals surface area contributed by atoms with E-state index in [1.807, 2.05) is 13.8 Å². The highest BCUT2D eigenvalue weighted by atomic mass is 16.5. The summed E-state index contributed by atoms with van der Waals surface area (Å²) in [6, 6.07) is 0. The van der Waals surface area contributed by atoms with E-state index in [0.717, 1.165) is 24.2 Å². The highest BCUT2D eigenvalue weighted by Crippen LogP contribution is 2.38. The molecule has 0 saturated carbocycles. The quantitative estimate of drug-likeness (QED) is 0.741. The summed E-state index contributed by atoms with van der Waals surface area (Å²) >= 11 is 0. The van der Waals surface area contributed by atoms with Crippen LogP contribution in [-0.4, -0.2) is 12.4 Å². The molecule has 17 heavy (non-hydrogen) atoms. The number of Topliss-reactive ketones (excluding diaryl/α,β-unsaturated/α-hetero) is 1. The summed E-state index contributed by atoms with van der Waals surface area (Å²) in [4.78, 5) is 12.4. The number of ether oxygens (including phenoxy) is 1. The van der Waals surface area contributed by atoms with Gasteiger partial charge in [-0.3, -0.25) is 4.79 Å². The van der Waals surface area contributed by atoms with Crippen molar-refractivity contribution in [2.24, 2.45) is 17.3 Å². The van der Waals surface area contributed by atoms with Gasteiger partial charge in [-0.05, 0) is 18.3 Å². The normalized spacial score (nSPS) is 20.4. The van der Waals surface area contributed by atoms with Crippen LogP contribution in [0.25, 0.3) is 0 Å². The fraction of sp³-hybridized carbons (Fsp3) is 0.800. The Morgan fingerprint density at radius 2 is 1.82 bits per heavy atom. The molecule has 0 atom stereocenters. The molecule has 0 radical (unpaired) electrons. The molecule has 0 aromatic heterocycles. The zero-order valence-electron chi connectivity index (χ0n) is 12.1. The van der Waals surface area contributed by atoms with E-state index < -0.39 is 0 Å². The van der Waals surface area contributed by atoms with Crippen LogP contribution in [0.4, 0.5) is 0 Å². The Kier molecular flexibility index (Phi) is 4.40. The van der Waals surface area contributed by atoms with Crippen molar-refractivity contribution in [2.75, 3.05) is 6.61 Å². The van der Waals surface area contributed by atoms with Crippen LogP contribution in [0.2, 0.25) is 0 Å². The van der Waals surface area contributed by atoms with Crippen molar-refractivity contribution in [3.63, 3.8) is 0 Å². The molecular weight excluding hydrogens is 212 g/mol. The number of carbonyl (C=O) groups is 1. The van der Waals surface area contributed by atoms with E-state index >= 15 is 0 Å². The molecule has 2 nitrogen and oxygen atoms in total. The lowest BCUT2D eigenvalue weighted by molar-refractivity contribution is -0.125. The van der Waals surface area contributed by atoms with Gasteiger partial charge in [0.15, 0.2) is 5.78 Å². The summed E-state index contributed by atoms with van der Waals surface area (Å²) in [6.45, 7) is 13.2. The zero-order chi connectivity index (χ0) is 13.2. The minimum atomic E-state index is -0.218. The van der Waals surface area contributed by atoms with E-state index in [1.165, 1.54) is 0 Å². The molecule has 0 bridgehead atoms. The van der Waals surface area contributed by atoms with Crippen molar-refractivity contribution >= 4 is 5.78 Å². The molecule has 0 fully saturated rings. The van der Waals surface area contributed by atoms with E-state index in [9.17, 15) is 4.79 Å². The van der Waals surface area contributed by atoms with Crippen molar-refractivity contribution in [3.05, 3.63) is 11.3 Å². The highest BCUT2D eigenvalue weighted by molar-refractivity contribution is 6.01. The topological polar surface area (TPSA) is 26.3 Å². The molecule has 1 rings (SSSR count). The SMILES string of the molecule is CC(C)COC1=C(C(C)C)C(=O)C(C)(C)CC1. The molecule has 1 aliphatic carbocycles. The summed E-state index contributed by atoms with van der Waals surface area (Å²) < 4.78 is 5.84. The number of carbonyl (C=O) groups excluding carboxylic acids is 1. The Bertz CT molecular complexity index is 322. The van der Waals surface area contributed by atoms with Gasteiger partial charge in [-0.15, -0.1) is 0 Å². The second kappa shape index (κ2) is 5.24. The lowest BCUT2D eigenvalue weighted by Gasteiger charge is -2.33. The Labute approximate surface area is 105 Å². The first-order valence-corrected chi connectivity index (χ1v) is 6.66. The summed E-state index contributed by atoms with van der Waals surface area (Å²) in [5.74, 6) is 1.97. The Morgan fingerprint density at radius 3 is 2.29 bits per heavy atom. The molecule has 0 heterocycles. The smallest absolute Gasteiger partial charge is 0.168 e. The van der Waals surface area contributed by atoms with Gasteiger partial charge in [0.25, 0.3) is 0 Å². The van der Waals surface area contributed by atoms with Gasteiger partial charge in [0.2, 0.25) is 0 Å². The van der Waals surface area contributed by atoms with Crippen LogP contribution in [-0.2, 0) is 9.53 Å². The largest absolute Gasteiger partial charge is 0.497 e. The van der Waals surface area contributed by atoms with Crippen LogP contribution in [0.1, 0.15) is 54.4 Å². The first kappa shape index (κ1) is 14.3. The van der Waals surface area contributed by atoms with Crippen molar-refractivity contribution in [1.82, 2.24) is 0 Å². The maximum Gasteiger partial charge on any atom is 0.168 e. The van der Waals surface area contributed by atoms with Gasteiger partial charge in [-0.1, -0.05) is 41.5 Å². The molecule has 0 unspecified atom stereocenters. The molecule has 0 N–H and O–H groups in total. The molecule has 0 aromatic rings. The maximum absolute atomic E-state index is 12.4. The minimum absolute atomic E-state index is 0.218. The number of allylic oxidation sites excluding steroid dienone is 2. The molecular formula is C15H26O2. The average molecular weight is 238 g/mol. The number of hydrogen-bond donors (Lipinski definition) is 0. The van der Waals surface area contributed by atoms with Crippen molar-refractivity contribution < 1.29 is 9.53 Å². The zero-order valence-corrected chi connectivity index (χ0v) is 12.1. The summed E-state index contributed by atoms with van der Waals surface area (Å²) in [5.41, 5.74) is 0.700. The van der Waals surface area contributed by atoms with E-state index in [1.54, 1.807) is 0 Å². The third-order valence-corrected chi connectivity index (χ3v) is 3.31. The number of ketones is 1. The predicted octanol–water partition coefficient (Wildman–Crippen LogP) is 3.96. The lowest BCUT2D eigenvalue weighted by atomic mass is 9.72. The Morgan fingerprint density at radius 1 is 1.24 bits per heavy atom. The van der Waals surface area contributed by atoms with Crippen molar-refractivity contribution in [3.8, 4) is 0 Å². The average Bonchev–Trinajstić information content (AvgIpc) is 2.19. The first-order valence-electron chi connectivity index (χ1n) is 6.66. The number of hydrogen-bond acceptors (Lipinski definition) is 2. The second-order valence-corrected chi connectivity index (χ2v) is 6.41. The van der Waals surface area contributed by atoms with E-state index in [0.29, 0.717) is 12.5 Å². The predicted molar refractivity (Wildman–Crippen MR) is 70.7 cm³/mol.